The molecular weight excluding hydrogens is 918 g/mol. The number of hydrogen-bond acceptors (Lipinski definition) is 1. The number of aryl methyl sites for hydroxylation is 4. The Kier molecular flexibility index (Phi) is 10.9. The van der Waals surface area contributed by atoms with Crippen LogP contribution in [0.1, 0.15) is 33.4 Å². The first kappa shape index (κ1) is 45.7. The predicted molar refractivity (Wildman–Crippen MR) is 297 cm³/mol. The van der Waals surface area contributed by atoms with Gasteiger partial charge < -0.3 is 9.13 Å². The molecule has 0 bridgehead atoms. The molecule has 0 fully saturated rings. The third kappa shape index (κ3) is 7.78. The Morgan fingerprint density at radius 1 is 0.419 bits per heavy atom. The number of halogens is 3. The first-order valence-electron chi connectivity index (χ1n) is 24.5. The highest BCUT2D eigenvalue weighted by molar-refractivity contribution is 6.14. The van der Waals surface area contributed by atoms with Gasteiger partial charge in [0.05, 0.1) is 57.2 Å². The van der Waals surface area contributed by atoms with E-state index in [1.54, 1.807) is 12.1 Å². The molecule has 12 rings (SSSR count). The van der Waals surface area contributed by atoms with Gasteiger partial charge in [0, 0.05) is 27.1 Å². The zero-order valence-corrected chi connectivity index (χ0v) is 41.0. The molecule has 0 amide bonds. The molecule has 7 heteroatoms. The van der Waals surface area contributed by atoms with Crippen molar-refractivity contribution in [1.29, 1.82) is 5.26 Å². The summed E-state index contributed by atoms with van der Waals surface area (Å²) >= 11 is 0. The van der Waals surface area contributed by atoms with Crippen LogP contribution in [0, 0.1) is 45.6 Å². The van der Waals surface area contributed by atoms with Crippen LogP contribution >= 0.6 is 0 Å². The molecule has 0 saturated carbocycles. The van der Waals surface area contributed by atoms with Gasteiger partial charge in [-0.3, -0.25) is 0 Å². The SMILES string of the molecule is [C-]#[N+]c1cccc(C(F)(F)F)c1-c1cc(-n2c3ccc(-c4ccc(C)cc4)cc3c3cc(-c4ccc(C)cc4)ccc32)c(-n2c3ccc(-c4ccc(C)cc4)cc3c3cc(-c4ccc(C)cc4)ccc32)cc1C#N. The number of alkyl halides is 3. The second-order valence-corrected chi connectivity index (χ2v) is 19.4. The number of nitrogens with zero attached hydrogens (tertiary/aromatic N) is 4. The summed E-state index contributed by atoms with van der Waals surface area (Å²) in [7, 11) is 0. The van der Waals surface area contributed by atoms with Crippen molar-refractivity contribution in [3.63, 3.8) is 0 Å². The van der Waals surface area contributed by atoms with Crippen LogP contribution in [-0.4, -0.2) is 9.13 Å². The third-order valence-corrected chi connectivity index (χ3v) is 14.5. The van der Waals surface area contributed by atoms with Crippen LogP contribution in [0.25, 0.3) is 115 Å². The Balaban J connectivity index is 1.23. The Labute approximate surface area is 426 Å². The summed E-state index contributed by atoms with van der Waals surface area (Å²) in [5.41, 5.74) is 15.8. The molecule has 4 nitrogen and oxygen atoms in total. The van der Waals surface area contributed by atoms with Gasteiger partial charge in [-0.15, -0.1) is 0 Å². The second kappa shape index (κ2) is 17.7. The largest absolute Gasteiger partial charge is 0.415 e. The molecule has 354 valence electrons. The maximum absolute atomic E-state index is 15.3. The fourth-order valence-electron chi connectivity index (χ4n) is 10.7. The predicted octanol–water partition coefficient (Wildman–Crippen LogP) is 18.9. The fourth-order valence-corrected chi connectivity index (χ4v) is 10.7. The van der Waals surface area contributed by atoms with Crippen molar-refractivity contribution in [2.45, 2.75) is 33.9 Å². The van der Waals surface area contributed by atoms with Gasteiger partial charge in [-0.1, -0.05) is 162 Å². The van der Waals surface area contributed by atoms with Crippen LogP contribution in [0.3, 0.4) is 0 Å². The number of aromatic nitrogens is 2. The minimum atomic E-state index is -4.83. The molecular formula is C67H45F3N4. The van der Waals surface area contributed by atoms with E-state index in [9.17, 15) is 5.26 Å². The van der Waals surface area contributed by atoms with Crippen LogP contribution in [0.15, 0.2) is 200 Å². The molecule has 0 spiro atoms. The van der Waals surface area contributed by atoms with E-state index in [0.29, 0.717) is 11.4 Å². The monoisotopic (exact) mass is 962 g/mol. The van der Waals surface area contributed by atoms with Gasteiger partial charge >= 0.3 is 6.18 Å². The smallest absolute Gasteiger partial charge is 0.307 e. The van der Waals surface area contributed by atoms with Crippen molar-refractivity contribution >= 4 is 49.3 Å². The third-order valence-electron chi connectivity index (χ3n) is 14.5. The van der Waals surface area contributed by atoms with E-state index in [1.807, 2.05) is 0 Å². The zero-order chi connectivity index (χ0) is 51.0. The molecule has 10 aromatic carbocycles. The summed E-state index contributed by atoms with van der Waals surface area (Å²) in [5, 5.41) is 15.0. The molecule has 0 N–H and O–H groups in total. The highest BCUT2D eigenvalue weighted by Gasteiger charge is 2.36. The van der Waals surface area contributed by atoms with Crippen LogP contribution in [0.5, 0.6) is 0 Å². The highest BCUT2D eigenvalue weighted by atomic mass is 19.4. The van der Waals surface area contributed by atoms with E-state index < -0.39 is 11.7 Å². The van der Waals surface area contributed by atoms with Gasteiger partial charge in [0.25, 0.3) is 0 Å². The van der Waals surface area contributed by atoms with Gasteiger partial charge in [-0.2, -0.15) is 18.4 Å². The molecule has 74 heavy (non-hydrogen) atoms. The maximum atomic E-state index is 15.3. The number of rotatable bonds is 7. The first-order chi connectivity index (χ1) is 35.8. The van der Waals surface area contributed by atoms with Crippen molar-refractivity contribution in [2.24, 2.45) is 0 Å². The molecule has 2 aromatic heterocycles. The Morgan fingerprint density at radius 2 is 0.743 bits per heavy atom. The zero-order valence-electron chi connectivity index (χ0n) is 41.0. The lowest BCUT2D eigenvalue weighted by atomic mass is 9.92. The van der Waals surface area contributed by atoms with Crippen LogP contribution in [-0.2, 0) is 6.18 Å². The summed E-state index contributed by atoms with van der Waals surface area (Å²) in [6.45, 7) is 16.4. The van der Waals surface area contributed by atoms with Crippen molar-refractivity contribution in [3.8, 4) is 73.1 Å². The summed E-state index contributed by atoms with van der Waals surface area (Å²) in [5.74, 6) is 0. The standard InChI is InChI=1S/C67H45F3N4/c1-40-9-17-44(18-10-40)48-25-29-60-54(33-48)55-34-49(45-19-11-41(2)12-20-45)26-30-61(55)73(60)64-37-52(39-71)53(66-58(67(68,69)70)7-6-8-59(66)72-5)38-65(64)74-62-31-27-50(46-21-13-42(3)14-22-46)35-56(62)57-36-51(28-32-63(57)74)47-23-15-43(4)16-24-47/h6-38H,1-4H3. The molecule has 0 saturated heterocycles. The van der Waals surface area contributed by atoms with Gasteiger partial charge in [0.15, 0.2) is 5.69 Å². The average Bonchev–Trinajstić information content (AvgIpc) is 3.92. The van der Waals surface area contributed by atoms with Crippen LogP contribution in [0.4, 0.5) is 18.9 Å². The Bertz CT molecular complexity index is 4110. The molecule has 0 aliphatic carbocycles. The van der Waals surface area contributed by atoms with E-state index in [0.717, 1.165) is 116 Å². The maximum Gasteiger partial charge on any atom is 0.415 e. The fraction of sp³-hybridized carbons (Fsp3) is 0.0746. The Hall–Kier alpha value is -9.43. The molecule has 0 aliphatic heterocycles. The van der Waals surface area contributed by atoms with Crippen molar-refractivity contribution in [3.05, 3.63) is 245 Å². The molecule has 0 aliphatic rings. The van der Waals surface area contributed by atoms with Crippen LogP contribution in [0.2, 0.25) is 0 Å². The number of nitriles is 1. The summed E-state index contributed by atoms with van der Waals surface area (Å²) in [6.07, 6.45) is -4.83. The van der Waals surface area contributed by atoms with E-state index in [2.05, 4.69) is 218 Å². The number of benzene rings is 10. The van der Waals surface area contributed by atoms with E-state index in [1.165, 1.54) is 12.1 Å². The molecule has 2 heterocycles. The van der Waals surface area contributed by atoms with Crippen molar-refractivity contribution < 1.29 is 13.2 Å². The number of fused-ring (bicyclic) bond motifs is 6. The first-order valence-corrected chi connectivity index (χ1v) is 24.5. The summed E-state index contributed by atoms with van der Waals surface area (Å²) in [6, 6.07) is 68.6. The van der Waals surface area contributed by atoms with Crippen molar-refractivity contribution in [2.75, 3.05) is 0 Å². The molecule has 0 unspecified atom stereocenters. The normalized spacial score (nSPS) is 11.7. The van der Waals surface area contributed by atoms with Gasteiger partial charge in [-0.25, -0.2) is 4.85 Å². The quantitative estimate of drug-likeness (QED) is 0.147. The Morgan fingerprint density at radius 3 is 1.05 bits per heavy atom. The molecule has 0 atom stereocenters. The minimum absolute atomic E-state index is 0.00279. The average molecular weight is 963 g/mol. The van der Waals surface area contributed by atoms with E-state index >= 15 is 13.2 Å². The number of hydrogen-bond donors (Lipinski definition) is 0. The minimum Gasteiger partial charge on any atom is -0.307 e. The lowest BCUT2D eigenvalue weighted by Crippen LogP contribution is -2.09. The van der Waals surface area contributed by atoms with Gasteiger partial charge in [0.1, 0.15) is 0 Å². The van der Waals surface area contributed by atoms with E-state index in [-0.39, 0.29) is 22.4 Å². The van der Waals surface area contributed by atoms with Crippen LogP contribution < -0.4 is 0 Å². The second-order valence-electron chi connectivity index (χ2n) is 19.4. The summed E-state index contributed by atoms with van der Waals surface area (Å²) < 4.78 is 50.1. The van der Waals surface area contributed by atoms with Crippen molar-refractivity contribution in [1.82, 2.24) is 9.13 Å². The molecule has 0 radical (unpaired) electrons. The highest BCUT2D eigenvalue weighted by Crippen LogP contribution is 2.48. The molecule has 12 aromatic rings. The topological polar surface area (TPSA) is 38.0 Å². The lowest BCUT2D eigenvalue weighted by molar-refractivity contribution is -0.137. The van der Waals surface area contributed by atoms with Gasteiger partial charge in [-0.05, 0) is 138 Å². The van der Waals surface area contributed by atoms with E-state index in [4.69, 9.17) is 6.57 Å². The van der Waals surface area contributed by atoms with Gasteiger partial charge in [0.2, 0.25) is 0 Å². The lowest BCUT2D eigenvalue weighted by Gasteiger charge is -2.21. The summed E-state index contributed by atoms with van der Waals surface area (Å²) in [4.78, 5) is 3.64.